The number of carbonyl (C=O) groups excluding carboxylic acids is 4. The average molecular weight is 982 g/mol. The summed E-state index contributed by atoms with van der Waals surface area (Å²) in [4.78, 5) is 68.1. The second-order valence-corrected chi connectivity index (χ2v) is 21.1. The zero-order valence-corrected chi connectivity index (χ0v) is 39.8. The lowest BCUT2D eigenvalue weighted by molar-refractivity contribution is -0.117. The van der Waals surface area contributed by atoms with Crippen LogP contribution in [-0.2, 0) is 24.2 Å². The molecular weight excluding hydrogens is 935 g/mol. The lowest BCUT2D eigenvalue weighted by atomic mass is 10.0. The normalized spacial score (nSPS) is 13.7. The number of amides is 5. The third-order valence-electron chi connectivity index (χ3n) is 10.3. The van der Waals surface area contributed by atoms with E-state index in [0.29, 0.717) is 56.2 Å². The Balaban J connectivity index is 0.000000188. The van der Waals surface area contributed by atoms with Gasteiger partial charge in [-0.1, -0.05) is 12.1 Å². The monoisotopic (exact) mass is 981 g/mol. The Hall–Kier alpha value is -8.70. The minimum Gasteiger partial charge on any atom is -0.331 e. The highest BCUT2D eigenvalue weighted by Gasteiger charge is 2.29. The zero-order chi connectivity index (χ0) is 49.7. The number of hydrogen-bond acceptors (Lipinski definition) is 12. The number of H-pyrrole nitrogens is 2. The molecule has 6 heterocycles. The van der Waals surface area contributed by atoms with E-state index in [1.165, 1.54) is 29.8 Å². The minimum atomic E-state index is -2.45. The number of fused-ring (bicyclic) bond motifs is 2. The summed E-state index contributed by atoms with van der Waals surface area (Å²) >= 11 is 0. The van der Waals surface area contributed by atoms with Crippen molar-refractivity contribution in [3.8, 4) is 22.3 Å². The van der Waals surface area contributed by atoms with Gasteiger partial charge in [-0.3, -0.25) is 44.0 Å². The van der Waals surface area contributed by atoms with Crippen molar-refractivity contribution < 1.29 is 27.6 Å². The van der Waals surface area contributed by atoms with Gasteiger partial charge < -0.3 is 26.2 Å². The summed E-state index contributed by atoms with van der Waals surface area (Å²) in [5, 5.41) is 26.6. The second-order valence-electron chi connectivity index (χ2n) is 16.7. The highest BCUT2D eigenvalue weighted by molar-refractivity contribution is 8.01. The Morgan fingerprint density at radius 1 is 0.571 bits per heavy atom. The van der Waals surface area contributed by atoms with Gasteiger partial charge in [-0.15, -0.1) is 0 Å². The third kappa shape index (κ3) is 12.2. The number of benzene rings is 2. The fraction of sp³-hybridized carbons (Fsp3) is 0.149. The van der Waals surface area contributed by atoms with Gasteiger partial charge >= 0.3 is 6.03 Å². The first-order chi connectivity index (χ1) is 33.3. The molecule has 21 nitrogen and oxygen atoms in total. The predicted molar refractivity (Wildman–Crippen MR) is 277 cm³/mol. The number of aromatic amines is 2. The fourth-order valence-electron chi connectivity index (χ4n) is 6.77. The molecule has 2 aromatic carbocycles. The Morgan fingerprint density at radius 2 is 1.03 bits per heavy atom. The van der Waals surface area contributed by atoms with Crippen molar-refractivity contribution in [2.24, 2.45) is 5.92 Å². The lowest BCUT2D eigenvalue weighted by Crippen LogP contribution is -2.27. The van der Waals surface area contributed by atoms with Crippen LogP contribution in [0.5, 0.6) is 0 Å². The Kier molecular flexibility index (Phi) is 13.6. The van der Waals surface area contributed by atoms with Crippen LogP contribution in [0.4, 0.5) is 39.2 Å². The predicted octanol–water partition coefficient (Wildman–Crippen LogP) is 6.33. The quantitative estimate of drug-likeness (QED) is 0.0588. The number of rotatable bonds is 13. The van der Waals surface area contributed by atoms with Gasteiger partial charge in [0.05, 0.1) is 58.6 Å². The number of urea groups is 1. The van der Waals surface area contributed by atoms with Crippen molar-refractivity contribution in [1.82, 2.24) is 45.2 Å². The van der Waals surface area contributed by atoms with Crippen LogP contribution in [0.2, 0.25) is 0 Å². The first-order valence-electron chi connectivity index (χ1n) is 21.3. The standard InChI is InChI=1S/C24H23N7O3S.C23H24N8O3S/c1-35(2,34)31-21-8-6-17(13-26-21)27-24(33)22-19-10-15(5-7-20(19)29-30-22)16-9-18(12-25-11-16)28-23(32)14-3-4-14;1-31(2)23(33)27-17-9-15(11-24-12-17)14-5-7-19-18(10-14)21(29-28-19)22(32)26-16-6-8-20(25-13-16)30-35(3,4)34/h5-14H,1,3-4H2,2H3,(H,27,33)(H,28,32)(H,29,30)(H,26,31,34);5-13H,3H2,1-2,4H3,(H,26,32)(H,27,33)(H,28,29)(H,25,30,34). The Bertz CT molecular complexity index is 3290. The molecule has 2 unspecified atom stereocenters. The van der Waals surface area contributed by atoms with Crippen molar-refractivity contribution in [2.75, 3.05) is 57.3 Å². The summed E-state index contributed by atoms with van der Waals surface area (Å²) in [6, 6.07) is 21.0. The maximum Gasteiger partial charge on any atom is 0.321 e. The fourth-order valence-corrected chi connectivity index (χ4v) is 7.90. The molecule has 70 heavy (non-hydrogen) atoms. The number of nitrogens with zero attached hydrogens (tertiary/aromatic N) is 7. The minimum absolute atomic E-state index is 0.0150. The molecular formula is C47H47N15O6S2. The molecule has 6 aromatic heterocycles. The first kappa shape index (κ1) is 47.8. The molecule has 8 aromatic rings. The van der Waals surface area contributed by atoms with Crippen molar-refractivity contribution in [3.63, 3.8) is 0 Å². The molecule has 1 aliphatic rings. The van der Waals surface area contributed by atoms with Crippen molar-refractivity contribution in [2.45, 2.75) is 12.8 Å². The van der Waals surface area contributed by atoms with Crippen molar-refractivity contribution >= 4 is 111 Å². The van der Waals surface area contributed by atoms with E-state index in [1.807, 2.05) is 42.5 Å². The van der Waals surface area contributed by atoms with Gasteiger partial charge in [0.1, 0.15) is 11.6 Å². The first-order valence-corrected chi connectivity index (χ1v) is 25.5. The summed E-state index contributed by atoms with van der Waals surface area (Å²) in [5.74, 6) is 7.12. The van der Waals surface area contributed by atoms with Gasteiger partial charge in [0.2, 0.25) is 5.91 Å². The molecule has 8 N–H and O–H groups in total. The van der Waals surface area contributed by atoms with Gasteiger partial charge in [0, 0.05) is 86.2 Å². The van der Waals surface area contributed by atoms with Gasteiger partial charge in [-0.2, -0.15) is 10.2 Å². The molecule has 0 spiro atoms. The Morgan fingerprint density at radius 3 is 1.43 bits per heavy atom. The van der Waals surface area contributed by atoms with E-state index in [1.54, 1.807) is 69.2 Å². The van der Waals surface area contributed by atoms with Crippen LogP contribution < -0.4 is 30.7 Å². The molecule has 358 valence electrons. The number of hydrogen-bond donors (Lipinski definition) is 8. The highest BCUT2D eigenvalue weighted by Crippen LogP contribution is 2.32. The van der Waals surface area contributed by atoms with Gasteiger partial charge in [-0.05, 0) is 96.4 Å². The molecule has 2 atom stereocenters. The third-order valence-corrected chi connectivity index (χ3v) is 11.5. The molecule has 1 aliphatic carbocycles. The average Bonchev–Trinajstić information content (AvgIpc) is 3.95. The smallest absolute Gasteiger partial charge is 0.321 e. The van der Waals surface area contributed by atoms with Crippen LogP contribution >= 0.6 is 0 Å². The van der Waals surface area contributed by atoms with E-state index in [4.69, 9.17) is 0 Å². The van der Waals surface area contributed by atoms with Gasteiger partial charge in [0.25, 0.3) is 11.8 Å². The van der Waals surface area contributed by atoms with E-state index in [-0.39, 0.29) is 29.2 Å². The summed E-state index contributed by atoms with van der Waals surface area (Å²) < 4.78 is 28.9. The summed E-state index contributed by atoms with van der Waals surface area (Å²) in [5.41, 5.74) is 7.13. The summed E-state index contributed by atoms with van der Waals surface area (Å²) in [7, 11) is -1.60. The van der Waals surface area contributed by atoms with Crippen LogP contribution in [0.3, 0.4) is 0 Å². The second kappa shape index (κ2) is 19.9. The topological polar surface area (TPSA) is 287 Å². The molecule has 1 fully saturated rings. The summed E-state index contributed by atoms with van der Waals surface area (Å²) in [6.07, 6.45) is 14.2. The van der Waals surface area contributed by atoms with E-state index in [9.17, 15) is 27.6 Å². The van der Waals surface area contributed by atoms with Crippen LogP contribution in [0.1, 0.15) is 33.8 Å². The number of carbonyl (C=O) groups is 4. The van der Waals surface area contributed by atoms with Crippen molar-refractivity contribution in [1.29, 1.82) is 0 Å². The van der Waals surface area contributed by atoms with Gasteiger partial charge in [0.15, 0.2) is 11.4 Å². The summed E-state index contributed by atoms with van der Waals surface area (Å²) in [6.45, 7) is 0. The lowest BCUT2D eigenvalue weighted by Gasteiger charge is -2.12. The largest absolute Gasteiger partial charge is 0.331 e. The van der Waals surface area contributed by atoms with Gasteiger partial charge in [-0.25, -0.2) is 23.2 Å². The molecule has 0 aliphatic heterocycles. The molecule has 23 heteroatoms. The Labute approximate surface area is 402 Å². The van der Waals surface area contributed by atoms with E-state index >= 15 is 0 Å². The van der Waals surface area contributed by atoms with Crippen LogP contribution in [0.25, 0.3) is 44.1 Å². The van der Waals surface area contributed by atoms with Crippen LogP contribution in [-0.4, -0.2) is 116 Å². The maximum absolute atomic E-state index is 12.9. The van der Waals surface area contributed by atoms with E-state index in [2.05, 4.69) is 82.8 Å². The number of aromatic nitrogens is 8. The number of anilines is 6. The highest BCUT2D eigenvalue weighted by atomic mass is 32.2. The van der Waals surface area contributed by atoms with E-state index < -0.39 is 31.2 Å². The maximum atomic E-state index is 12.9. The number of nitrogens with one attached hydrogen (secondary N) is 8. The zero-order valence-electron chi connectivity index (χ0n) is 38.2. The van der Waals surface area contributed by atoms with Crippen LogP contribution in [0.15, 0.2) is 110 Å². The molecule has 0 bridgehead atoms. The molecule has 0 radical (unpaired) electrons. The molecule has 9 rings (SSSR count). The van der Waals surface area contributed by atoms with Crippen molar-refractivity contribution in [3.05, 3.63) is 121 Å². The molecule has 0 saturated heterocycles. The molecule has 1 saturated carbocycles. The number of pyridine rings is 4. The van der Waals surface area contributed by atoms with E-state index in [0.717, 1.165) is 35.1 Å². The SMILES string of the molecule is C=S(C)(=O)Nc1ccc(NC(=O)c2n[nH]c3ccc(-c4cncc(NC(=O)C5CC5)c4)cc23)cn1.C=S(C)(=O)Nc1ccc(NC(=O)c2n[nH]c3ccc(-c4cncc(NC(=O)N(C)C)c4)cc23)cn1. The van der Waals surface area contributed by atoms with Crippen LogP contribution in [0, 0.1) is 5.92 Å². The molecule has 5 amide bonds.